The predicted molar refractivity (Wildman–Crippen MR) is 105 cm³/mol. The summed E-state index contributed by atoms with van der Waals surface area (Å²) in [5.74, 6) is 0.0815. The molecule has 0 saturated heterocycles. The Morgan fingerprint density at radius 1 is 1.19 bits per heavy atom. The molecular weight excluding hydrogens is 344 g/mol. The van der Waals surface area contributed by atoms with Crippen molar-refractivity contribution in [2.75, 3.05) is 24.5 Å². The van der Waals surface area contributed by atoms with Crippen LogP contribution < -0.4 is 9.64 Å². The number of fused-ring (bicyclic) bond motifs is 1. The number of rotatable bonds is 8. The fraction of sp³-hybridized carbons (Fsp3) is 0.571. The van der Waals surface area contributed by atoms with Gasteiger partial charge in [0.2, 0.25) is 5.91 Å². The standard InChI is InChI=1S/C21H30N2O4/c1-6-10-22(11-7-2)19(25)13-23-17-12-16(15(5)24)8-9-18(17)27-20(14(3)4)21(23)26/h8-9,12,14,20H,6-7,10-11,13H2,1-5H3. The Kier molecular flexibility index (Phi) is 6.99. The first-order chi connectivity index (χ1) is 12.8. The number of amides is 2. The maximum absolute atomic E-state index is 13.0. The van der Waals surface area contributed by atoms with E-state index in [1.54, 1.807) is 23.1 Å². The number of ketones is 1. The minimum absolute atomic E-state index is 0.0295. The molecule has 2 amide bonds. The number of carbonyl (C=O) groups excluding carboxylic acids is 3. The fourth-order valence-corrected chi connectivity index (χ4v) is 3.23. The largest absolute Gasteiger partial charge is 0.478 e. The maximum atomic E-state index is 13.0. The molecular formula is C21H30N2O4. The molecule has 0 aliphatic carbocycles. The topological polar surface area (TPSA) is 66.9 Å². The van der Waals surface area contributed by atoms with Crippen LogP contribution in [0.25, 0.3) is 0 Å². The normalized spacial score (nSPS) is 16.1. The Morgan fingerprint density at radius 2 is 1.81 bits per heavy atom. The van der Waals surface area contributed by atoms with Crippen molar-refractivity contribution in [2.45, 2.75) is 53.6 Å². The van der Waals surface area contributed by atoms with E-state index in [1.807, 2.05) is 27.7 Å². The highest BCUT2D eigenvalue weighted by Crippen LogP contribution is 2.36. The van der Waals surface area contributed by atoms with Crippen LogP contribution in [0, 0.1) is 5.92 Å². The number of hydrogen-bond donors (Lipinski definition) is 0. The molecule has 1 heterocycles. The van der Waals surface area contributed by atoms with E-state index in [4.69, 9.17) is 4.74 Å². The molecule has 1 aliphatic rings. The van der Waals surface area contributed by atoms with E-state index in [2.05, 4.69) is 0 Å². The van der Waals surface area contributed by atoms with Gasteiger partial charge >= 0.3 is 0 Å². The first-order valence-electron chi connectivity index (χ1n) is 9.70. The SMILES string of the molecule is CCCN(CCC)C(=O)CN1C(=O)C(C(C)C)Oc2ccc(C(C)=O)cc21. The summed E-state index contributed by atoms with van der Waals surface area (Å²) in [5.41, 5.74) is 0.982. The minimum atomic E-state index is -0.640. The molecule has 0 saturated carbocycles. The molecule has 0 bridgehead atoms. The van der Waals surface area contributed by atoms with E-state index in [9.17, 15) is 14.4 Å². The van der Waals surface area contributed by atoms with Gasteiger partial charge in [-0.15, -0.1) is 0 Å². The first-order valence-corrected chi connectivity index (χ1v) is 9.70. The van der Waals surface area contributed by atoms with Crippen molar-refractivity contribution in [1.29, 1.82) is 0 Å². The summed E-state index contributed by atoms with van der Waals surface area (Å²) >= 11 is 0. The van der Waals surface area contributed by atoms with Crippen molar-refractivity contribution in [3.63, 3.8) is 0 Å². The summed E-state index contributed by atoms with van der Waals surface area (Å²) in [7, 11) is 0. The average Bonchev–Trinajstić information content (AvgIpc) is 2.62. The number of carbonyl (C=O) groups is 3. The molecule has 1 aromatic rings. The molecule has 148 valence electrons. The second-order valence-electron chi connectivity index (χ2n) is 7.33. The molecule has 1 aliphatic heterocycles. The lowest BCUT2D eigenvalue weighted by atomic mass is 10.0. The van der Waals surface area contributed by atoms with Crippen LogP contribution in [0.2, 0.25) is 0 Å². The van der Waals surface area contributed by atoms with Gasteiger partial charge in [0.25, 0.3) is 5.91 Å². The van der Waals surface area contributed by atoms with Gasteiger partial charge in [0.15, 0.2) is 11.9 Å². The van der Waals surface area contributed by atoms with E-state index < -0.39 is 6.10 Å². The molecule has 0 N–H and O–H groups in total. The van der Waals surface area contributed by atoms with Crippen molar-refractivity contribution in [1.82, 2.24) is 4.90 Å². The number of benzene rings is 1. The van der Waals surface area contributed by atoms with Crippen LogP contribution in [0.15, 0.2) is 18.2 Å². The third kappa shape index (κ3) is 4.67. The van der Waals surface area contributed by atoms with E-state index >= 15 is 0 Å². The summed E-state index contributed by atoms with van der Waals surface area (Å²) in [5, 5.41) is 0. The molecule has 0 fully saturated rings. The lowest BCUT2D eigenvalue weighted by Gasteiger charge is -2.36. The molecule has 1 aromatic carbocycles. The molecule has 1 unspecified atom stereocenters. The molecule has 6 heteroatoms. The highest BCUT2D eigenvalue weighted by atomic mass is 16.5. The van der Waals surface area contributed by atoms with Crippen molar-refractivity contribution < 1.29 is 19.1 Å². The van der Waals surface area contributed by atoms with Crippen molar-refractivity contribution in [3.8, 4) is 5.75 Å². The minimum Gasteiger partial charge on any atom is -0.478 e. The number of ether oxygens (including phenoxy) is 1. The van der Waals surface area contributed by atoms with Crippen LogP contribution >= 0.6 is 0 Å². The lowest BCUT2D eigenvalue weighted by Crippen LogP contribution is -2.52. The van der Waals surface area contributed by atoms with Gasteiger partial charge in [0.05, 0.1) is 5.69 Å². The van der Waals surface area contributed by atoms with Gasteiger partial charge in [-0.2, -0.15) is 0 Å². The van der Waals surface area contributed by atoms with Gasteiger partial charge in [0, 0.05) is 18.7 Å². The lowest BCUT2D eigenvalue weighted by molar-refractivity contribution is -0.134. The van der Waals surface area contributed by atoms with Crippen LogP contribution in [0.3, 0.4) is 0 Å². The maximum Gasteiger partial charge on any atom is 0.268 e. The molecule has 2 rings (SSSR count). The summed E-state index contributed by atoms with van der Waals surface area (Å²) in [6, 6.07) is 5.04. The van der Waals surface area contributed by atoms with Gasteiger partial charge in [0.1, 0.15) is 12.3 Å². The Hall–Kier alpha value is -2.37. The van der Waals surface area contributed by atoms with Crippen LogP contribution in [0.1, 0.15) is 57.8 Å². The second-order valence-corrected chi connectivity index (χ2v) is 7.33. The van der Waals surface area contributed by atoms with Gasteiger partial charge in [-0.1, -0.05) is 27.7 Å². The molecule has 0 aromatic heterocycles. The fourth-order valence-electron chi connectivity index (χ4n) is 3.23. The number of Topliss-reactive ketones (excluding diaryl/α,β-unsaturated/α-hetero) is 1. The van der Waals surface area contributed by atoms with Gasteiger partial charge in [-0.05, 0) is 43.9 Å². The Labute approximate surface area is 161 Å². The molecule has 1 atom stereocenters. The second kappa shape index (κ2) is 9.02. The quantitative estimate of drug-likeness (QED) is 0.655. The van der Waals surface area contributed by atoms with Crippen LogP contribution in [0.5, 0.6) is 5.75 Å². The molecule has 0 radical (unpaired) electrons. The van der Waals surface area contributed by atoms with E-state index in [1.165, 1.54) is 11.8 Å². The average molecular weight is 374 g/mol. The zero-order valence-electron chi connectivity index (χ0n) is 16.9. The van der Waals surface area contributed by atoms with Crippen molar-refractivity contribution in [3.05, 3.63) is 23.8 Å². The van der Waals surface area contributed by atoms with E-state index in [0.717, 1.165) is 12.8 Å². The monoisotopic (exact) mass is 374 g/mol. The van der Waals surface area contributed by atoms with Crippen LogP contribution in [-0.4, -0.2) is 48.2 Å². The number of nitrogens with zero attached hydrogens (tertiary/aromatic N) is 2. The Bertz CT molecular complexity index is 708. The van der Waals surface area contributed by atoms with Crippen molar-refractivity contribution >= 4 is 23.3 Å². The molecule has 27 heavy (non-hydrogen) atoms. The first kappa shape index (κ1) is 20.9. The van der Waals surface area contributed by atoms with Crippen molar-refractivity contribution in [2.24, 2.45) is 5.92 Å². The Balaban J connectivity index is 2.39. The number of anilines is 1. The summed E-state index contributed by atoms with van der Waals surface area (Å²) in [6.45, 7) is 10.6. The predicted octanol–water partition coefficient (Wildman–Crippen LogP) is 3.29. The summed E-state index contributed by atoms with van der Waals surface area (Å²) in [6.07, 6.45) is 1.09. The zero-order valence-corrected chi connectivity index (χ0v) is 16.9. The van der Waals surface area contributed by atoms with Crippen LogP contribution in [-0.2, 0) is 9.59 Å². The highest BCUT2D eigenvalue weighted by Gasteiger charge is 2.38. The third-order valence-electron chi connectivity index (χ3n) is 4.66. The highest BCUT2D eigenvalue weighted by molar-refractivity contribution is 6.05. The van der Waals surface area contributed by atoms with E-state index in [-0.39, 0.29) is 30.1 Å². The summed E-state index contributed by atoms with van der Waals surface area (Å²) in [4.78, 5) is 40.9. The van der Waals surface area contributed by atoms with Gasteiger partial charge in [-0.3, -0.25) is 19.3 Å². The third-order valence-corrected chi connectivity index (χ3v) is 4.66. The van der Waals surface area contributed by atoms with Gasteiger partial charge in [-0.25, -0.2) is 0 Å². The zero-order chi connectivity index (χ0) is 20.1. The molecule has 6 nitrogen and oxygen atoms in total. The molecule has 0 spiro atoms. The van der Waals surface area contributed by atoms with Crippen LogP contribution in [0.4, 0.5) is 5.69 Å². The van der Waals surface area contributed by atoms with Gasteiger partial charge < -0.3 is 9.64 Å². The summed E-state index contributed by atoms with van der Waals surface area (Å²) < 4.78 is 5.88. The Morgan fingerprint density at radius 3 is 2.33 bits per heavy atom. The smallest absolute Gasteiger partial charge is 0.268 e. The number of hydrogen-bond acceptors (Lipinski definition) is 4. The van der Waals surface area contributed by atoms with E-state index in [0.29, 0.717) is 30.1 Å².